The van der Waals surface area contributed by atoms with Crippen LogP contribution >= 0.6 is 0 Å². The molecule has 0 N–H and O–H groups in total. The Labute approximate surface area is 92.6 Å². The van der Waals surface area contributed by atoms with E-state index in [9.17, 15) is 14.4 Å². The van der Waals surface area contributed by atoms with Crippen LogP contribution in [0.15, 0.2) is 30.3 Å². The molecule has 0 heterocycles. The molecular formula is C11H11NO4. The van der Waals surface area contributed by atoms with E-state index >= 15 is 0 Å². The van der Waals surface area contributed by atoms with Gasteiger partial charge in [0.15, 0.2) is 0 Å². The summed E-state index contributed by atoms with van der Waals surface area (Å²) >= 11 is 0. The monoisotopic (exact) mass is 221 g/mol. The highest BCUT2D eigenvalue weighted by Crippen LogP contribution is 2.11. The van der Waals surface area contributed by atoms with Crippen molar-refractivity contribution in [2.75, 3.05) is 11.5 Å². The molecule has 0 radical (unpaired) electrons. The Hall–Kier alpha value is -2.17. The molecule has 0 atom stereocenters. The summed E-state index contributed by atoms with van der Waals surface area (Å²) in [7, 11) is 0. The lowest BCUT2D eigenvalue weighted by molar-refractivity contribution is -0.153. The van der Waals surface area contributed by atoms with Gasteiger partial charge >= 0.3 is 11.9 Å². The zero-order valence-electron chi connectivity index (χ0n) is 8.75. The van der Waals surface area contributed by atoms with Crippen LogP contribution in [0.2, 0.25) is 0 Å². The lowest BCUT2D eigenvalue weighted by Gasteiger charge is -2.13. The second kappa shape index (κ2) is 5.65. The van der Waals surface area contributed by atoms with Crippen LogP contribution in [0.1, 0.15) is 6.92 Å². The molecule has 1 aromatic rings. The molecule has 0 aliphatic heterocycles. The number of amides is 2. The Bertz CT molecular complexity index is 388. The number of para-hydroxylation sites is 1. The molecule has 16 heavy (non-hydrogen) atoms. The maximum Gasteiger partial charge on any atom is 0.397 e. The first-order valence-corrected chi connectivity index (χ1v) is 4.71. The molecule has 0 bridgehead atoms. The van der Waals surface area contributed by atoms with E-state index in [-0.39, 0.29) is 13.0 Å². The number of rotatable bonds is 3. The smallest absolute Gasteiger partial charge is 0.397 e. The Morgan fingerprint density at radius 3 is 2.44 bits per heavy atom. The summed E-state index contributed by atoms with van der Waals surface area (Å²) in [6, 6.07) is 8.15. The standard InChI is InChI=1S/C11H11NO4/c1-2-16-11(15)10(14)12(8-13)9-6-4-3-5-7-9/h3-8H,2H2,1H3. The molecule has 0 aliphatic rings. The quantitative estimate of drug-likeness (QED) is 0.429. The first-order valence-electron chi connectivity index (χ1n) is 4.71. The molecule has 0 spiro atoms. The molecular weight excluding hydrogens is 210 g/mol. The van der Waals surface area contributed by atoms with E-state index in [0.29, 0.717) is 10.6 Å². The molecule has 2 amide bonds. The minimum atomic E-state index is -1.04. The van der Waals surface area contributed by atoms with Gasteiger partial charge in [0.25, 0.3) is 0 Å². The fourth-order valence-corrected chi connectivity index (χ4v) is 1.11. The van der Waals surface area contributed by atoms with Gasteiger partial charge in [-0.15, -0.1) is 0 Å². The fourth-order valence-electron chi connectivity index (χ4n) is 1.11. The summed E-state index contributed by atoms with van der Waals surface area (Å²) in [6.45, 7) is 1.67. The maximum atomic E-state index is 11.5. The fraction of sp³-hybridized carbons (Fsp3) is 0.182. The Morgan fingerprint density at radius 2 is 1.94 bits per heavy atom. The van der Waals surface area contributed by atoms with Crippen molar-refractivity contribution in [2.45, 2.75) is 6.92 Å². The third-order valence-corrected chi connectivity index (χ3v) is 1.81. The largest absolute Gasteiger partial charge is 0.459 e. The SMILES string of the molecule is CCOC(=O)C(=O)N(C=O)c1ccccc1. The minimum absolute atomic E-state index is 0.0893. The number of nitrogens with zero attached hydrogens (tertiary/aromatic N) is 1. The molecule has 0 saturated heterocycles. The summed E-state index contributed by atoms with van der Waals surface area (Å²) < 4.78 is 4.52. The van der Waals surface area contributed by atoms with Gasteiger partial charge in [0.2, 0.25) is 6.41 Å². The summed E-state index contributed by atoms with van der Waals surface area (Å²) in [6.07, 6.45) is 0.286. The van der Waals surface area contributed by atoms with Crippen LogP contribution in [-0.4, -0.2) is 24.9 Å². The van der Waals surface area contributed by atoms with Gasteiger partial charge in [-0.05, 0) is 19.1 Å². The zero-order chi connectivity index (χ0) is 12.0. The second-order valence-electron chi connectivity index (χ2n) is 2.84. The minimum Gasteiger partial charge on any atom is -0.459 e. The van der Waals surface area contributed by atoms with E-state index in [2.05, 4.69) is 4.74 Å². The van der Waals surface area contributed by atoms with Gasteiger partial charge in [-0.25, -0.2) is 9.69 Å². The van der Waals surface area contributed by atoms with Crippen LogP contribution in [-0.2, 0) is 19.1 Å². The Balaban J connectivity index is 2.87. The van der Waals surface area contributed by atoms with E-state index in [1.165, 1.54) is 0 Å². The number of anilines is 1. The summed E-state index contributed by atoms with van der Waals surface area (Å²) in [5.74, 6) is -2.04. The topological polar surface area (TPSA) is 63.7 Å². The first-order chi connectivity index (χ1) is 7.70. The normalized spacial score (nSPS) is 9.31. The van der Waals surface area contributed by atoms with E-state index in [4.69, 9.17) is 0 Å². The molecule has 5 heteroatoms. The lowest BCUT2D eigenvalue weighted by Crippen LogP contribution is -2.36. The van der Waals surface area contributed by atoms with Crippen molar-refractivity contribution >= 4 is 24.0 Å². The van der Waals surface area contributed by atoms with E-state index in [1.807, 2.05) is 0 Å². The van der Waals surface area contributed by atoms with Gasteiger partial charge in [0.1, 0.15) is 0 Å². The van der Waals surface area contributed by atoms with Crippen LogP contribution < -0.4 is 4.90 Å². The number of imide groups is 1. The van der Waals surface area contributed by atoms with Crippen LogP contribution in [0.25, 0.3) is 0 Å². The first kappa shape index (κ1) is 11.9. The molecule has 0 aliphatic carbocycles. The molecule has 0 aromatic heterocycles. The van der Waals surface area contributed by atoms with Crippen molar-refractivity contribution in [3.05, 3.63) is 30.3 Å². The zero-order valence-corrected chi connectivity index (χ0v) is 8.75. The van der Waals surface area contributed by atoms with Crippen molar-refractivity contribution in [3.8, 4) is 0 Å². The maximum absolute atomic E-state index is 11.5. The molecule has 1 aromatic carbocycles. The molecule has 84 valence electrons. The number of ether oxygens (including phenoxy) is 1. The lowest BCUT2D eigenvalue weighted by atomic mass is 10.3. The number of carbonyl (C=O) groups excluding carboxylic acids is 3. The van der Waals surface area contributed by atoms with Crippen LogP contribution in [0.4, 0.5) is 5.69 Å². The molecule has 5 nitrogen and oxygen atoms in total. The van der Waals surface area contributed by atoms with Crippen molar-refractivity contribution < 1.29 is 19.1 Å². The average Bonchev–Trinajstić information content (AvgIpc) is 2.31. The number of benzene rings is 1. The predicted molar refractivity (Wildman–Crippen MR) is 56.6 cm³/mol. The van der Waals surface area contributed by atoms with Crippen LogP contribution in [0.5, 0.6) is 0 Å². The van der Waals surface area contributed by atoms with Gasteiger partial charge in [-0.1, -0.05) is 18.2 Å². The third kappa shape index (κ3) is 2.66. The average molecular weight is 221 g/mol. The van der Waals surface area contributed by atoms with Crippen molar-refractivity contribution in [1.82, 2.24) is 0 Å². The summed E-state index contributed by atoms with van der Waals surface area (Å²) in [5.41, 5.74) is 0.329. The number of carbonyl (C=O) groups is 3. The van der Waals surface area contributed by atoms with Gasteiger partial charge in [-0.2, -0.15) is 0 Å². The highest BCUT2D eigenvalue weighted by atomic mass is 16.5. The molecule has 0 unspecified atom stereocenters. The molecule has 0 fully saturated rings. The molecule has 1 rings (SSSR count). The number of hydrogen-bond acceptors (Lipinski definition) is 4. The predicted octanol–water partition coefficient (Wildman–Crippen LogP) is 0.739. The van der Waals surface area contributed by atoms with E-state index in [0.717, 1.165) is 0 Å². The van der Waals surface area contributed by atoms with Crippen molar-refractivity contribution in [2.24, 2.45) is 0 Å². The second-order valence-corrected chi connectivity index (χ2v) is 2.84. The van der Waals surface area contributed by atoms with Crippen molar-refractivity contribution in [1.29, 1.82) is 0 Å². The van der Waals surface area contributed by atoms with Crippen LogP contribution in [0, 0.1) is 0 Å². The number of hydrogen-bond donors (Lipinski definition) is 0. The van der Waals surface area contributed by atoms with Gasteiger partial charge < -0.3 is 4.74 Å². The highest BCUT2D eigenvalue weighted by molar-refractivity contribution is 6.41. The van der Waals surface area contributed by atoms with Gasteiger partial charge in [0.05, 0.1) is 12.3 Å². The highest BCUT2D eigenvalue weighted by Gasteiger charge is 2.23. The molecule has 0 saturated carbocycles. The van der Waals surface area contributed by atoms with Gasteiger partial charge in [0, 0.05) is 0 Å². The summed E-state index contributed by atoms with van der Waals surface area (Å²) in [4.78, 5) is 34.1. The van der Waals surface area contributed by atoms with Crippen molar-refractivity contribution in [3.63, 3.8) is 0 Å². The van der Waals surface area contributed by atoms with E-state index in [1.54, 1.807) is 37.3 Å². The Morgan fingerprint density at radius 1 is 1.31 bits per heavy atom. The van der Waals surface area contributed by atoms with Gasteiger partial charge in [-0.3, -0.25) is 9.59 Å². The third-order valence-electron chi connectivity index (χ3n) is 1.81. The number of esters is 1. The summed E-state index contributed by atoms with van der Waals surface area (Å²) in [5, 5.41) is 0. The Kier molecular flexibility index (Phi) is 4.20. The van der Waals surface area contributed by atoms with Crippen LogP contribution in [0.3, 0.4) is 0 Å². The van der Waals surface area contributed by atoms with E-state index < -0.39 is 11.9 Å².